The van der Waals surface area contributed by atoms with Gasteiger partial charge in [-0.15, -0.1) is 0 Å². The Kier molecular flexibility index (Phi) is 4.73. The Morgan fingerprint density at radius 2 is 1.94 bits per heavy atom. The van der Waals surface area contributed by atoms with Crippen LogP contribution in [0.4, 0.5) is 11.4 Å². The summed E-state index contributed by atoms with van der Waals surface area (Å²) >= 11 is 0. The van der Waals surface area contributed by atoms with Crippen molar-refractivity contribution in [3.8, 4) is 23.0 Å². The van der Waals surface area contributed by atoms with E-state index in [1.54, 1.807) is 23.3 Å². The fraction of sp³-hybridized carbons (Fsp3) is 0.125. The van der Waals surface area contributed by atoms with Gasteiger partial charge in [-0.05, 0) is 18.2 Å². The van der Waals surface area contributed by atoms with Gasteiger partial charge in [-0.2, -0.15) is 5.10 Å². The minimum absolute atomic E-state index is 0.0898. The van der Waals surface area contributed by atoms with Crippen molar-refractivity contribution in [3.05, 3.63) is 84.2 Å². The molecule has 0 aliphatic carbocycles. The van der Waals surface area contributed by atoms with Gasteiger partial charge >= 0.3 is 0 Å². The largest absolute Gasteiger partial charge is 0.353 e. The van der Waals surface area contributed by atoms with E-state index in [2.05, 4.69) is 32.6 Å². The zero-order chi connectivity index (χ0) is 21.2. The van der Waals surface area contributed by atoms with Gasteiger partial charge in [0.2, 0.25) is 0 Å². The van der Waals surface area contributed by atoms with Crippen LogP contribution in [0.15, 0.2) is 67.4 Å². The molecule has 152 valence electrons. The number of carbonyl (C=O) groups is 1. The molecule has 31 heavy (non-hydrogen) atoms. The smallest absolute Gasteiger partial charge is 0.270 e. The second-order valence-electron chi connectivity index (χ2n) is 7.28. The second kappa shape index (κ2) is 7.84. The summed E-state index contributed by atoms with van der Waals surface area (Å²) in [5.41, 5.74) is 5.73. The predicted molar refractivity (Wildman–Crippen MR) is 119 cm³/mol. The third-order valence-corrected chi connectivity index (χ3v) is 5.13. The number of nitrogens with zero attached hydrogens (tertiary/aromatic N) is 4. The average molecular weight is 408 g/mol. The Bertz CT molecular complexity index is 1320. The molecule has 3 aromatic heterocycles. The van der Waals surface area contributed by atoms with Gasteiger partial charge in [0.15, 0.2) is 0 Å². The molecule has 1 aromatic carbocycles. The number of pyridine rings is 1. The minimum atomic E-state index is -0.0898. The number of fused-ring (bicyclic) bond motifs is 1. The lowest BCUT2D eigenvalue weighted by Gasteiger charge is -2.17. The van der Waals surface area contributed by atoms with Crippen molar-refractivity contribution in [2.24, 2.45) is 7.05 Å². The highest BCUT2D eigenvalue weighted by molar-refractivity contribution is 6.04. The maximum absolute atomic E-state index is 12.7. The Balaban J connectivity index is 1.64. The van der Waals surface area contributed by atoms with Crippen LogP contribution in [0, 0.1) is 11.8 Å². The zero-order valence-electron chi connectivity index (χ0n) is 17.0. The molecule has 0 atom stereocenters. The maximum atomic E-state index is 12.7. The van der Waals surface area contributed by atoms with Gasteiger partial charge in [-0.25, -0.2) is 0 Å². The van der Waals surface area contributed by atoms with E-state index in [4.69, 9.17) is 0 Å². The normalized spacial score (nSPS) is 12.5. The number of aryl methyl sites for hydroxylation is 1. The van der Waals surface area contributed by atoms with E-state index in [-0.39, 0.29) is 5.91 Å². The number of amides is 1. The van der Waals surface area contributed by atoms with Gasteiger partial charge in [0.05, 0.1) is 23.0 Å². The van der Waals surface area contributed by atoms with Crippen molar-refractivity contribution in [1.29, 1.82) is 0 Å². The van der Waals surface area contributed by atoms with Gasteiger partial charge in [0, 0.05) is 61.7 Å². The van der Waals surface area contributed by atoms with Crippen LogP contribution in [0.25, 0.3) is 11.1 Å². The molecule has 0 spiro atoms. The summed E-state index contributed by atoms with van der Waals surface area (Å²) in [4.78, 5) is 17.0. The number of nitrogens with one attached hydrogen (secondary N) is 2. The quantitative estimate of drug-likeness (QED) is 0.511. The molecule has 7 nitrogen and oxygen atoms in total. The van der Waals surface area contributed by atoms with Crippen LogP contribution in [-0.4, -0.2) is 31.8 Å². The third kappa shape index (κ3) is 3.67. The molecule has 0 fully saturated rings. The Labute approximate surface area is 179 Å². The molecule has 2 N–H and O–H groups in total. The minimum Gasteiger partial charge on any atom is -0.353 e. The van der Waals surface area contributed by atoms with Crippen LogP contribution >= 0.6 is 0 Å². The molecule has 1 aliphatic rings. The zero-order valence-corrected chi connectivity index (χ0v) is 17.0. The Morgan fingerprint density at radius 3 is 2.74 bits per heavy atom. The van der Waals surface area contributed by atoms with Crippen LogP contribution < -0.4 is 10.6 Å². The molecular weight excluding hydrogens is 388 g/mol. The van der Waals surface area contributed by atoms with Gasteiger partial charge in [-0.3, -0.25) is 14.5 Å². The summed E-state index contributed by atoms with van der Waals surface area (Å²) in [6.45, 7) is 1.32. The molecule has 0 bridgehead atoms. The molecule has 4 aromatic rings. The van der Waals surface area contributed by atoms with E-state index < -0.39 is 0 Å². The molecule has 1 amide bonds. The number of aromatic nitrogens is 4. The lowest BCUT2D eigenvalue weighted by molar-refractivity contribution is 0.0929. The summed E-state index contributed by atoms with van der Waals surface area (Å²) in [7, 11) is 1.86. The molecule has 4 heterocycles. The van der Waals surface area contributed by atoms with E-state index in [1.165, 1.54) is 0 Å². The number of para-hydroxylation sites is 1. The molecule has 0 unspecified atom stereocenters. The molecule has 5 rings (SSSR count). The first-order valence-electron chi connectivity index (χ1n) is 9.97. The van der Waals surface area contributed by atoms with Crippen molar-refractivity contribution < 1.29 is 4.79 Å². The summed E-state index contributed by atoms with van der Waals surface area (Å²) in [6.07, 6.45) is 9.11. The fourth-order valence-electron chi connectivity index (χ4n) is 3.70. The monoisotopic (exact) mass is 408 g/mol. The van der Waals surface area contributed by atoms with Crippen molar-refractivity contribution in [2.45, 2.75) is 6.54 Å². The third-order valence-electron chi connectivity index (χ3n) is 5.13. The SMILES string of the molecule is Cn1cc(C#Cc2cnccc2-c2cn3c(c2Nc2ccccc2)C(=O)NCC3)cn1. The molecular formula is C24H20N6O. The summed E-state index contributed by atoms with van der Waals surface area (Å²) in [6, 6.07) is 11.8. The van der Waals surface area contributed by atoms with Crippen molar-refractivity contribution >= 4 is 17.3 Å². The molecule has 7 heteroatoms. The van der Waals surface area contributed by atoms with Crippen LogP contribution in [0.2, 0.25) is 0 Å². The first kappa shape index (κ1) is 18.7. The van der Waals surface area contributed by atoms with Crippen LogP contribution in [0.3, 0.4) is 0 Å². The average Bonchev–Trinajstić information content (AvgIpc) is 3.37. The number of hydrogen-bond donors (Lipinski definition) is 2. The number of hydrogen-bond acceptors (Lipinski definition) is 4. The summed E-state index contributed by atoms with van der Waals surface area (Å²) in [5.74, 6) is 6.28. The molecule has 1 aliphatic heterocycles. The van der Waals surface area contributed by atoms with Crippen LogP contribution in [0.5, 0.6) is 0 Å². The van der Waals surface area contributed by atoms with E-state index in [0.717, 1.165) is 33.6 Å². The first-order chi connectivity index (χ1) is 15.2. The fourth-order valence-corrected chi connectivity index (χ4v) is 3.70. The van der Waals surface area contributed by atoms with Crippen molar-refractivity contribution in [3.63, 3.8) is 0 Å². The molecule has 0 saturated carbocycles. The van der Waals surface area contributed by atoms with Crippen LogP contribution in [0.1, 0.15) is 21.6 Å². The molecule has 0 saturated heterocycles. The van der Waals surface area contributed by atoms with E-state index in [1.807, 2.05) is 60.4 Å². The highest BCUT2D eigenvalue weighted by Gasteiger charge is 2.26. The Hall–Kier alpha value is -4.31. The van der Waals surface area contributed by atoms with E-state index >= 15 is 0 Å². The highest BCUT2D eigenvalue weighted by atomic mass is 16.2. The van der Waals surface area contributed by atoms with Gasteiger partial charge < -0.3 is 15.2 Å². The topological polar surface area (TPSA) is 76.8 Å². The van der Waals surface area contributed by atoms with E-state index in [0.29, 0.717) is 18.8 Å². The maximum Gasteiger partial charge on any atom is 0.270 e. The highest BCUT2D eigenvalue weighted by Crippen LogP contribution is 2.37. The van der Waals surface area contributed by atoms with Crippen LogP contribution in [-0.2, 0) is 13.6 Å². The van der Waals surface area contributed by atoms with Crippen molar-refractivity contribution in [1.82, 2.24) is 24.6 Å². The summed E-state index contributed by atoms with van der Waals surface area (Å²) < 4.78 is 3.72. The number of anilines is 2. The van der Waals surface area contributed by atoms with Crippen molar-refractivity contribution in [2.75, 3.05) is 11.9 Å². The standard InChI is InChI=1S/C24H20N6O/c1-29-15-17(13-27-29)7-8-18-14-25-10-9-20(18)21-16-30-12-11-26-24(31)23(30)22(21)28-19-5-3-2-4-6-19/h2-6,9-10,13-16,28H,11-12H2,1H3,(H,26,31). The lowest BCUT2D eigenvalue weighted by atomic mass is 10.0. The van der Waals surface area contributed by atoms with Gasteiger partial charge in [0.1, 0.15) is 5.69 Å². The van der Waals surface area contributed by atoms with Gasteiger partial charge in [-0.1, -0.05) is 30.0 Å². The first-order valence-corrected chi connectivity index (χ1v) is 9.97. The second-order valence-corrected chi connectivity index (χ2v) is 7.28. The Morgan fingerprint density at radius 1 is 1.06 bits per heavy atom. The van der Waals surface area contributed by atoms with E-state index in [9.17, 15) is 4.79 Å². The van der Waals surface area contributed by atoms with Gasteiger partial charge in [0.25, 0.3) is 5.91 Å². The summed E-state index contributed by atoms with van der Waals surface area (Å²) in [5, 5.41) is 10.6. The number of rotatable bonds is 3. The number of benzene rings is 1. The number of carbonyl (C=O) groups excluding carboxylic acids is 1. The molecule has 0 radical (unpaired) electrons. The lowest BCUT2D eigenvalue weighted by Crippen LogP contribution is -2.35. The predicted octanol–water partition coefficient (Wildman–Crippen LogP) is 3.17.